The first-order chi connectivity index (χ1) is 9.61. The SMILES string of the molecule is Cc1cccnc1C(NN)c1cncc(OC(C)C)c1. The summed E-state index contributed by atoms with van der Waals surface area (Å²) in [7, 11) is 0. The number of hydrogen-bond donors (Lipinski definition) is 2. The minimum Gasteiger partial charge on any atom is -0.489 e. The Morgan fingerprint density at radius 2 is 2.10 bits per heavy atom. The van der Waals surface area contributed by atoms with Gasteiger partial charge >= 0.3 is 0 Å². The maximum absolute atomic E-state index is 5.70. The largest absolute Gasteiger partial charge is 0.489 e. The quantitative estimate of drug-likeness (QED) is 0.644. The summed E-state index contributed by atoms with van der Waals surface area (Å²) in [6, 6.07) is 5.64. The van der Waals surface area contributed by atoms with Crippen molar-refractivity contribution in [3.8, 4) is 5.75 Å². The number of nitrogens with two attached hydrogens (primary N) is 1. The summed E-state index contributed by atoms with van der Waals surface area (Å²) in [5.41, 5.74) is 5.68. The molecule has 3 N–H and O–H groups in total. The van der Waals surface area contributed by atoms with Gasteiger partial charge in [-0.25, -0.2) is 5.43 Å². The highest BCUT2D eigenvalue weighted by atomic mass is 16.5. The van der Waals surface area contributed by atoms with E-state index in [1.54, 1.807) is 18.6 Å². The number of nitrogens with zero attached hydrogens (tertiary/aromatic N) is 2. The molecule has 0 fully saturated rings. The van der Waals surface area contributed by atoms with Crippen LogP contribution >= 0.6 is 0 Å². The van der Waals surface area contributed by atoms with Gasteiger partial charge in [-0.2, -0.15) is 0 Å². The molecule has 2 heterocycles. The van der Waals surface area contributed by atoms with E-state index in [1.165, 1.54) is 0 Å². The Hall–Kier alpha value is -1.98. The van der Waals surface area contributed by atoms with Crippen molar-refractivity contribution in [3.05, 3.63) is 53.6 Å². The highest BCUT2D eigenvalue weighted by molar-refractivity contribution is 5.34. The van der Waals surface area contributed by atoms with Gasteiger partial charge in [-0.05, 0) is 44.0 Å². The summed E-state index contributed by atoms with van der Waals surface area (Å²) in [4.78, 5) is 8.62. The van der Waals surface area contributed by atoms with Gasteiger partial charge in [0.1, 0.15) is 5.75 Å². The zero-order valence-electron chi connectivity index (χ0n) is 12.0. The van der Waals surface area contributed by atoms with Gasteiger partial charge in [-0.1, -0.05) is 6.07 Å². The number of nitrogens with one attached hydrogen (secondary N) is 1. The molecule has 0 amide bonds. The number of aryl methyl sites for hydroxylation is 1. The molecule has 0 aliphatic heterocycles. The third-order valence-electron chi connectivity index (χ3n) is 2.93. The van der Waals surface area contributed by atoms with Crippen molar-refractivity contribution in [3.63, 3.8) is 0 Å². The minimum absolute atomic E-state index is 0.105. The molecule has 0 aliphatic carbocycles. The molecule has 2 rings (SSSR count). The molecule has 2 aromatic heterocycles. The number of ether oxygens (including phenoxy) is 1. The van der Waals surface area contributed by atoms with E-state index in [2.05, 4.69) is 15.4 Å². The average Bonchev–Trinajstić information content (AvgIpc) is 2.41. The zero-order chi connectivity index (χ0) is 14.5. The Labute approximate surface area is 119 Å². The van der Waals surface area contributed by atoms with E-state index in [4.69, 9.17) is 10.6 Å². The molecule has 5 nitrogen and oxygen atoms in total. The van der Waals surface area contributed by atoms with Crippen LogP contribution in [0.15, 0.2) is 36.8 Å². The van der Waals surface area contributed by atoms with Gasteiger partial charge in [-0.15, -0.1) is 0 Å². The molecule has 0 radical (unpaired) electrons. The second kappa shape index (κ2) is 6.45. The molecule has 20 heavy (non-hydrogen) atoms. The molecule has 5 heteroatoms. The van der Waals surface area contributed by atoms with Crippen LogP contribution < -0.4 is 16.0 Å². The van der Waals surface area contributed by atoms with Crippen LogP contribution in [0.5, 0.6) is 5.75 Å². The lowest BCUT2D eigenvalue weighted by molar-refractivity contribution is 0.241. The highest BCUT2D eigenvalue weighted by Crippen LogP contribution is 2.24. The number of hydrogen-bond acceptors (Lipinski definition) is 5. The van der Waals surface area contributed by atoms with Crippen LogP contribution in [-0.2, 0) is 0 Å². The lowest BCUT2D eigenvalue weighted by atomic mass is 10.0. The summed E-state index contributed by atoms with van der Waals surface area (Å²) in [6.45, 7) is 5.97. The smallest absolute Gasteiger partial charge is 0.138 e. The molecule has 0 aromatic carbocycles. The standard InChI is InChI=1S/C15H20N4O/c1-10(2)20-13-7-12(8-17-9-13)15(19-16)14-11(3)5-4-6-18-14/h4-10,15,19H,16H2,1-3H3. The highest BCUT2D eigenvalue weighted by Gasteiger charge is 2.17. The normalized spacial score (nSPS) is 12.4. The van der Waals surface area contributed by atoms with Gasteiger partial charge in [0.2, 0.25) is 0 Å². The Kier molecular flexibility index (Phi) is 4.65. The molecule has 0 bridgehead atoms. The van der Waals surface area contributed by atoms with E-state index in [1.807, 2.05) is 39.0 Å². The van der Waals surface area contributed by atoms with Crippen LogP contribution in [0.3, 0.4) is 0 Å². The molecule has 0 spiro atoms. The molecular formula is C15H20N4O. The van der Waals surface area contributed by atoms with Gasteiger partial charge in [0, 0.05) is 12.4 Å². The molecule has 106 valence electrons. The van der Waals surface area contributed by atoms with E-state index in [9.17, 15) is 0 Å². The van der Waals surface area contributed by atoms with Gasteiger partial charge < -0.3 is 4.74 Å². The maximum atomic E-state index is 5.70. The first-order valence-corrected chi connectivity index (χ1v) is 6.61. The van der Waals surface area contributed by atoms with E-state index < -0.39 is 0 Å². The fraction of sp³-hybridized carbons (Fsp3) is 0.333. The Balaban J connectivity index is 2.35. The third kappa shape index (κ3) is 3.31. The van der Waals surface area contributed by atoms with Crippen LogP contribution in [-0.4, -0.2) is 16.1 Å². The molecular weight excluding hydrogens is 252 g/mol. The van der Waals surface area contributed by atoms with Crippen molar-refractivity contribution in [2.45, 2.75) is 32.9 Å². The molecule has 2 aromatic rings. The molecule has 1 atom stereocenters. The summed E-state index contributed by atoms with van der Waals surface area (Å²) >= 11 is 0. The lowest BCUT2D eigenvalue weighted by Crippen LogP contribution is -2.30. The van der Waals surface area contributed by atoms with Crippen molar-refractivity contribution >= 4 is 0 Å². The second-order valence-corrected chi connectivity index (χ2v) is 4.93. The molecule has 0 aliphatic rings. The average molecular weight is 272 g/mol. The predicted octanol–water partition coefficient (Wildman–Crippen LogP) is 2.12. The van der Waals surface area contributed by atoms with Crippen LogP contribution in [0.2, 0.25) is 0 Å². The minimum atomic E-state index is -0.209. The Morgan fingerprint density at radius 1 is 1.30 bits per heavy atom. The van der Waals surface area contributed by atoms with Crippen molar-refractivity contribution in [1.29, 1.82) is 0 Å². The molecule has 0 saturated carbocycles. The van der Waals surface area contributed by atoms with E-state index in [-0.39, 0.29) is 12.1 Å². The summed E-state index contributed by atoms with van der Waals surface area (Å²) in [6.07, 6.45) is 5.33. The third-order valence-corrected chi connectivity index (χ3v) is 2.93. The maximum Gasteiger partial charge on any atom is 0.138 e. The number of aromatic nitrogens is 2. The first-order valence-electron chi connectivity index (χ1n) is 6.61. The number of hydrazine groups is 1. The van der Waals surface area contributed by atoms with Crippen LogP contribution in [0.4, 0.5) is 0 Å². The number of pyridine rings is 2. The second-order valence-electron chi connectivity index (χ2n) is 4.93. The Morgan fingerprint density at radius 3 is 2.75 bits per heavy atom. The fourth-order valence-corrected chi connectivity index (χ4v) is 2.06. The monoisotopic (exact) mass is 272 g/mol. The van der Waals surface area contributed by atoms with E-state index >= 15 is 0 Å². The van der Waals surface area contributed by atoms with Gasteiger partial charge in [0.15, 0.2) is 0 Å². The Bertz CT molecular complexity index is 571. The molecule has 0 saturated heterocycles. The van der Waals surface area contributed by atoms with Gasteiger partial charge in [0.05, 0.1) is 24.0 Å². The molecule has 1 unspecified atom stereocenters. The fourth-order valence-electron chi connectivity index (χ4n) is 2.06. The summed E-state index contributed by atoms with van der Waals surface area (Å²) in [5.74, 6) is 6.43. The van der Waals surface area contributed by atoms with Crippen molar-refractivity contribution in [2.75, 3.05) is 0 Å². The van der Waals surface area contributed by atoms with Crippen LogP contribution in [0.25, 0.3) is 0 Å². The zero-order valence-corrected chi connectivity index (χ0v) is 12.0. The summed E-state index contributed by atoms with van der Waals surface area (Å²) in [5, 5.41) is 0. The number of rotatable bonds is 5. The van der Waals surface area contributed by atoms with Crippen molar-refractivity contribution < 1.29 is 4.74 Å². The van der Waals surface area contributed by atoms with Crippen LogP contribution in [0, 0.1) is 6.92 Å². The lowest BCUT2D eigenvalue weighted by Gasteiger charge is -2.18. The van der Waals surface area contributed by atoms with E-state index in [0.717, 1.165) is 22.6 Å². The van der Waals surface area contributed by atoms with Crippen LogP contribution in [0.1, 0.15) is 36.7 Å². The van der Waals surface area contributed by atoms with Gasteiger partial charge in [0.25, 0.3) is 0 Å². The first kappa shape index (κ1) is 14.4. The van der Waals surface area contributed by atoms with Gasteiger partial charge in [-0.3, -0.25) is 15.8 Å². The topological polar surface area (TPSA) is 73.1 Å². The predicted molar refractivity (Wildman–Crippen MR) is 78.1 cm³/mol. The van der Waals surface area contributed by atoms with E-state index in [0.29, 0.717) is 0 Å². The van der Waals surface area contributed by atoms with Crippen molar-refractivity contribution in [1.82, 2.24) is 15.4 Å². The van der Waals surface area contributed by atoms with Crippen molar-refractivity contribution in [2.24, 2.45) is 5.84 Å². The summed E-state index contributed by atoms with van der Waals surface area (Å²) < 4.78 is 5.66.